The average Bonchev–Trinajstić information content (AvgIpc) is 2.65. The van der Waals surface area contributed by atoms with Crippen LogP contribution in [0.3, 0.4) is 0 Å². The van der Waals surface area contributed by atoms with Crippen molar-refractivity contribution in [2.45, 2.75) is 17.7 Å². The van der Waals surface area contributed by atoms with Crippen molar-refractivity contribution in [2.75, 3.05) is 13.7 Å². The second kappa shape index (κ2) is 8.08. The van der Waals surface area contributed by atoms with E-state index in [-0.39, 0.29) is 10.6 Å². The lowest BCUT2D eigenvalue weighted by Gasteiger charge is -2.11. The van der Waals surface area contributed by atoms with Gasteiger partial charge in [0.05, 0.1) is 7.11 Å². The van der Waals surface area contributed by atoms with Gasteiger partial charge in [0.25, 0.3) is 0 Å². The van der Waals surface area contributed by atoms with E-state index in [1.54, 1.807) is 12.1 Å². The van der Waals surface area contributed by atoms with E-state index in [4.69, 9.17) is 16.3 Å². The molecule has 0 spiro atoms. The Morgan fingerprint density at radius 3 is 2.62 bits per heavy atom. The number of aryl methyl sites for hydroxylation is 1. The summed E-state index contributed by atoms with van der Waals surface area (Å²) < 4.78 is 32.8. The minimum absolute atomic E-state index is 0.0534. The van der Waals surface area contributed by atoms with E-state index in [9.17, 15) is 8.42 Å². The normalized spacial score (nSPS) is 11.6. The number of ether oxygens (including phenoxy) is 1. The molecule has 0 radical (unpaired) electrons. The van der Waals surface area contributed by atoms with Gasteiger partial charge in [-0.3, -0.25) is 0 Å². The van der Waals surface area contributed by atoms with E-state index in [1.165, 1.54) is 29.5 Å². The minimum atomic E-state index is -3.68. The molecule has 136 valence electrons. The molecule has 3 aromatic rings. The fourth-order valence-corrected chi connectivity index (χ4v) is 4.44. The van der Waals surface area contributed by atoms with Crippen LogP contribution in [-0.2, 0) is 16.4 Å². The number of nitrogens with one attached hydrogen (secondary N) is 1. The Morgan fingerprint density at radius 1 is 1.04 bits per heavy atom. The Balaban J connectivity index is 1.67. The quantitative estimate of drug-likeness (QED) is 0.609. The fraction of sp³-hybridized carbons (Fsp3) is 0.200. The first-order chi connectivity index (χ1) is 12.5. The van der Waals surface area contributed by atoms with Gasteiger partial charge in [-0.05, 0) is 47.4 Å². The molecule has 0 atom stereocenters. The van der Waals surface area contributed by atoms with Crippen LogP contribution in [0.15, 0.2) is 65.6 Å². The highest BCUT2D eigenvalue weighted by molar-refractivity contribution is 7.89. The molecule has 4 nitrogen and oxygen atoms in total. The summed E-state index contributed by atoms with van der Waals surface area (Å²) in [5.41, 5.74) is 1.21. The van der Waals surface area contributed by atoms with E-state index in [0.29, 0.717) is 18.0 Å². The molecule has 0 saturated carbocycles. The van der Waals surface area contributed by atoms with Crippen molar-refractivity contribution >= 4 is 32.4 Å². The molecule has 0 amide bonds. The lowest BCUT2D eigenvalue weighted by molar-refractivity contribution is 0.402. The van der Waals surface area contributed by atoms with E-state index >= 15 is 0 Å². The second-order valence-corrected chi connectivity index (χ2v) is 8.11. The number of benzene rings is 3. The summed E-state index contributed by atoms with van der Waals surface area (Å²) in [6, 6.07) is 18.9. The molecule has 0 aromatic heterocycles. The van der Waals surface area contributed by atoms with E-state index in [0.717, 1.165) is 6.42 Å². The molecule has 3 rings (SSSR count). The van der Waals surface area contributed by atoms with Crippen LogP contribution in [0.5, 0.6) is 5.75 Å². The van der Waals surface area contributed by atoms with Gasteiger partial charge in [-0.15, -0.1) is 0 Å². The fourth-order valence-electron chi connectivity index (χ4n) is 2.93. The van der Waals surface area contributed by atoms with Gasteiger partial charge in [-0.1, -0.05) is 54.1 Å². The summed E-state index contributed by atoms with van der Waals surface area (Å²) in [7, 11) is -2.25. The van der Waals surface area contributed by atoms with Crippen molar-refractivity contribution in [1.82, 2.24) is 4.72 Å². The molecule has 26 heavy (non-hydrogen) atoms. The topological polar surface area (TPSA) is 55.4 Å². The van der Waals surface area contributed by atoms with E-state index in [1.807, 2.05) is 18.2 Å². The highest BCUT2D eigenvalue weighted by atomic mass is 35.5. The number of fused-ring (bicyclic) bond motifs is 1. The number of methoxy groups -OCH3 is 1. The van der Waals surface area contributed by atoms with Crippen molar-refractivity contribution in [3.05, 3.63) is 71.2 Å². The summed E-state index contributed by atoms with van der Waals surface area (Å²) in [6.45, 7) is 0.335. The molecule has 0 saturated heterocycles. The first-order valence-corrected chi connectivity index (χ1v) is 10.2. The number of hydrogen-bond donors (Lipinski definition) is 1. The van der Waals surface area contributed by atoms with Crippen LogP contribution >= 0.6 is 11.6 Å². The Bertz CT molecular complexity index is 1010. The number of sulfonamides is 1. The molecule has 0 heterocycles. The SMILES string of the molecule is COc1ccc(Cl)cc1S(=O)(=O)NCCCc1cccc2ccccc12. The molecule has 3 aromatic carbocycles. The van der Waals surface area contributed by atoms with Gasteiger partial charge < -0.3 is 4.74 Å². The zero-order valence-corrected chi connectivity index (χ0v) is 16.0. The zero-order chi connectivity index (χ0) is 18.6. The Morgan fingerprint density at radius 2 is 1.81 bits per heavy atom. The molecular weight excluding hydrogens is 370 g/mol. The third kappa shape index (κ3) is 4.18. The summed E-state index contributed by atoms with van der Waals surface area (Å²) in [5.74, 6) is 0.274. The van der Waals surface area contributed by atoms with Gasteiger partial charge in [-0.2, -0.15) is 0 Å². The molecule has 0 aliphatic rings. The summed E-state index contributed by atoms with van der Waals surface area (Å²) in [5, 5.41) is 2.74. The van der Waals surface area contributed by atoms with E-state index in [2.05, 4.69) is 29.0 Å². The Kier molecular flexibility index (Phi) is 5.81. The van der Waals surface area contributed by atoms with Crippen LogP contribution in [0.1, 0.15) is 12.0 Å². The molecule has 0 aliphatic carbocycles. The van der Waals surface area contributed by atoms with Gasteiger partial charge in [0.1, 0.15) is 10.6 Å². The van der Waals surface area contributed by atoms with Gasteiger partial charge in [0, 0.05) is 11.6 Å². The highest BCUT2D eigenvalue weighted by Crippen LogP contribution is 2.27. The monoisotopic (exact) mass is 389 g/mol. The maximum absolute atomic E-state index is 12.5. The van der Waals surface area contributed by atoms with Gasteiger partial charge in [-0.25, -0.2) is 13.1 Å². The minimum Gasteiger partial charge on any atom is -0.495 e. The van der Waals surface area contributed by atoms with E-state index < -0.39 is 10.0 Å². The van der Waals surface area contributed by atoms with Gasteiger partial charge >= 0.3 is 0 Å². The largest absolute Gasteiger partial charge is 0.495 e. The second-order valence-electron chi connectivity index (χ2n) is 5.93. The van der Waals surface area contributed by atoms with Gasteiger partial charge in [0.2, 0.25) is 10.0 Å². The highest BCUT2D eigenvalue weighted by Gasteiger charge is 2.19. The number of halogens is 1. The smallest absolute Gasteiger partial charge is 0.244 e. The number of hydrogen-bond acceptors (Lipinski definition) is 3. The third-order valence-electron chi connectivity index (χ3n) is 4.21. The van der Waals surface area contributed by atoms with Crippen molar-refractivity contribution < 1.29 is 13.2 Å². The zero-order valence-electron chi connectivity index (χ0n) is 14.4. The molecule has 0 bridgehead atoms. The van der Waals surface area contributed by atoms with Gasteiger partial charge in [0.15, 0.2) is 0 Å². The van der Waals surface area contributed by atoms with Crippen LogP contribution in [0.25, 0.3) is 10.8 Å². The first kappa shape index (κ1) is 18.7. The van der Waals surface area contributed by atoms with Crippen molar-refractivity contribution in [3.63, 3.8) is 0 Å². The van der Waals surface area contributed by atoms with Crippen LogP contribution < -0.4 is 9.46 Å². The van der Waals surface area contributed by atoms with Crippen LogP contribution in [0.4, 0.5) is 0 Å². The molecule has 0 aliphatic heterocycles. The predicted octanol–water partition coefficient (Wildman–Crippen LogP) is 4.41. The maximum Gasteiger partial charge on any atom is 0.244 e. The Hall–Kier alpha value is -2.08. The van der Waals surface area contributed by atoms with Crippen molar-refractivity contribution in [3.8, 4) is 5.75 Å². The first-order valence-electron chi connectivity index (χ1n) is 8.31. The summed E-state index contributed by atoms with van der Waals surface area (Å²) in [6.07, 6.45) is 1.48. The third-order valence-corrected chi connectivity index (χ3v) is 5.93. The average molecular weight is 390 g/mol. The summed E-state index contributed by atoms with van der Waals surface area (Å²) >= 11 is 5.93. The van der Waals surface area contributed by atoms with Crippen molar-refractivity contribution in [2.24, 2.45) is 0 Å². The molecule has 6 heteroatoms. The standard InChI is InChI=1S/C20H20ClNO3S/c1-25-19-12-11-17(21)14-20(19)26(23,24)22-13-5-9-16-8-4-7-15-6-2-3-10-18(15)16/h2-4,6-8,10-12,14,22H,5,9,13H2,1H3. The lowest BCUT2D eigenvalue weighted by atomic mass is 10.0. The van der Waals surface area contributed by atoms with Crippen LogP contribution in [0, 0.1) is 0 Å². The van der Waals surface area contributed by atoms with Crippen molar-refractivity contribution in [1.29, 1.82) is 0 Å². The van der Waals surface area contributed by atoms with Crippen LogP contribution in [0.2, 0.25) is 5.02 Å². The maximum atomic E-state index is 12.5. The molecule has 0 fully saturated rings. The molecular formula is C20H20ClNO3S. The Labute approximate surface area is 158 Å². The van der Waals surface area contributed by atoms with Crippen LogP contribution in [-0.4, -0.2) is 22.1 Å². The molecule has 1 N–H and O–H groups in total. The lowest BCUT2D eigenvalue weighted by Crippen LogP contribution is -2.25. The summed E-state index contributed by atoms with van der Waals surface area (Å²) in [4.78, 5) is 0.0534. The number of rotatable bonds is 7. The predicted molar refractivity (Wildman–Crippen MR) is 105 cm³/mol. The molecule has 0 unspecified atom stereocenters.